The average Bonchev–Trinajstić information content (AvgIpc) is 2.55. The highest BCUT2D eigenvalue weighted by Crippen LogP contribution is 2.17. The van der Waals surface area contributed by atoms with Crippen molar-refractivity contribution in [2.75, 3.05) is 5.32 Å². The number of aryl methyl sites for hydroxylation is 1. The highest BCUT2D eigenvalue weighted by Gasteiger charge is 2.25. The number of hydrogen-bond acceptors (Lipinski definition) is 2. The summed E-state index contributed by atoms with van der Waals surface area (Å²) in [5.41, 5.74) is 1.62. The molecule has 2 aromatic rings. The van der Waals surface area contributed by atoms with Crippen LogP contribution in [0, 0.1) is 18.7 Å². The molecule has 0 aliphatic carbocycles. The number of anilines is 1. The fourth-order valence-corrected chi connectivity index (χ4v) is 2.60. The fraction of sp³-hybridized carbons (Fsp3) is 0.263. The lowest BCUT2D eigenvalue weighted by Crippen LogP contribution is -2.47. The van der Waals surface area contributed by atoms with E-state index in [1.807, 2.05) is 13.8 Å². The summed E-state index contributed by atoms with van der Waals surface area (Å²) < 4.78 is 14.1. The van der Waals surface area contributed by atoms with Crippen molar-refractivity contribution >= 4 is 33.4 Å². The number of nitrogens with one attached hydrogen (secondary N) is 2. The number of hydrogen-bond donors (Lipinski definition) is 2. The lowest BCUT2D eigenvalue weighted by atomic mass is 10.0. The molecule has 0 spiro atoms. The number of halogens is 2. The Bertz CT molecular complexity index is 775. The summed E-state index contributed by atoms with van der Waals surface area (Å²) in [5, 5.41) is 5.52. The maximum atomic E-state index is 13.2. The summed E-state index contributed by atoms with van der Waals surface area (Å²) in [6.45, 7) is 5.41. The van der Waals surface area contributed by atoms with Crippen LogP contribution in [0.25, 0.3) is 0 Å². The predicted molar refractivity (Wildman–Crippen MR) is 100 cm³/mol. The number of rotatable bonds is 5. The molecule has 2 aromatic carbocycles. The average molecular weight is 407 g/mol. The van der Waals surface area contributed by atoms with Crippen LogP contribution in [0.3, 0.4) is 0 Å². The molecular formula is C19H20BrFN2O2. The lowest BCUT2D eigenvalue weighted by Gasteiger charge is -2.22. The maximum Gasteiger partial charge on any atom is 0.251 e. The Morgan fingerprint density at radius 2 is 1.72 bits per heavy atom. The van der Waals surface area contributed by atoms with Crippen molar-refractivity contribution < 1.29 is 14.0 Å². The Balaban J connectivity index is 2.12. The molecule has 1 atom stereocenters. The molecule has 0 radical (unpaired) electrons. The van der Waals surface area contributed by atoms with Crippen LogP contribution in [-0.4, -0.2) is 17.9 Å². The van der Waals surface area contributed by atoms with Crippen LogP contribution in [0.4, 0.5) is 10.1 Å². The quantitative estimate of drug-likeness (QED) is 0.777. The van der Waals surface area contributed by atoms with Gasteiger partial charge in [-0.2, -0.15) is 0 Å². The van der Waals surface area contributed by atoms with Gasteiger partial charge in [-0.05, 0) is 60.9 Å². The first-order chi connectivity index (χ1) is 11.8. The third-order valence-corrected chi connectivity index (χ3v) is 4.32. The zero-order valence-corrected chi connectivity index (χ0v) is 15.9. The molecule has 6 heteroatoms. The topological polar surface area (TPSA) is 58.2 Å². The van der Waals surface area contributed by atoms with Crippen molar-refractivity contribution in [1.82, 2.24) is 5.32 Å². The number of amides is 2. The van der Waals surface area contributed by atoms with Crippen LogP contribution >= 0.6 is 15.9 Å². The molecule has 0 heterocycles. The minimum absolute atomic E-state index is 0.111. The van der Waals surface area contributed by atoms with Crippen molar-refractivity contribution in [2.24, 2.45) is 5.92 Å². The first-order valence-corrected chi connectivity index (χ1v) is 8.70. The number of carbonyl (C=O) groups is 2. The minimum Gasteiger partial charge on any atom is -0.340 e. The van der Waals surface area contributed by atoms with E-state index in [1.54, 1.807) is 31.2 Å². The molecule has 25 heavy (non-hydrogen) atoms. The van der Waals surface area contributed by atoms with Crippen LogP contribution in [0.1, 0.15) is 29.8 Å². The molecule has 0 aromatic heterocycles. The normalized spacial score (nSPS) is 11.9. The zero-order chi connectivity index (χ0) is 18.6. The van der Waals surface area contributed by atoms with E-state index in [4.69, 9.17) is 0 Å². The largest absolute Gasteiger partial charge is 0.340 e. The fourth-order valence-electron chi connectivity index (χ4n) is 2.34. The minimum atomic E-state index is -0.708. The molecule has 0 fully saturated rings. The molecule has 0 saturated heterocycles. The molecule has 2 N–H and O–H groups in total. The van der Waals surface area contributed by atoms with Crippen LogP contribution in [0.5, 0.6) is 0 Å². The van der Waals surface area contributed by atoms with Crippen LogP contribution in [0.15, 0.2) is 46.9 Å². The molecular weight excluding hydrogens is 387 g/mol. The van der Waals surface area contributed by atoms with Gasteiger partial charge in [-0.1, -0.05) is 29.8 Å². The van der Waals surface area contributed by atoms with Gasteiger partial charge in [-0.3, -0.25) is 9.59 Å². The Hall–Kier alpha value is -2.21. The third kappa shape index (κ3) is 5.13. The lowest BCUT2D eigenvalue weighted by molar-refractivity contribution is -0.118. The monoisotopic (exact) mass is 406 g/mol. The molecule has 2 rings (SSSR count). The van der Waals surface area contributed by atoms with E-state index in [1.165, 1.54) is 18.2 Å². The van der Waals surface area contributed by atoms with E-state index in [0.717, 1.165) is 4.47 Å². The van der Waals surface area contributed by atoms with Gasteiger partial charge in [-0.15, -0.1) is 0 Å². The SMILES string of the molecule is Cc1cc(F)ccc1NC(=O)[C@@H](NC(=O)c1ccc(Br)cc1)C(C)C. The number of benzene rings is 2. The second kappa shape index (κ2) is 8.25. The van der Waals surface area contributed by atoms with E-state index in [-0.39, 0.29) is 23.5 Å². The van der Waals surface area contributed by atoms with Gasteiger partial charge in [-0.25, -0.2) is 4.39 Å². The maximum absolute atomic E-state index is 13.2. The highest BCUT2D eigenvalue weighted by atomic mass is 79.9. The number of carbonyl (C=O) groups excluding carboxylic acids is 2. The standard InChI is InChI=1S/C19H20BrFN2O2/c1-11(2)17(23-18(24)13-4-6-14(20)7-5-13)19(25)22-16-9-8-15(21)10-12(16)3/h4-11,17H,1-3H3,(H,22,25)(H,23,24)/t17-/m0/s1. The highest BCUT2D eigenvalue weighted by molar-refractivity contribution is 9.10. The van der Waals surface area contributed by atoms with E-state index < -0.39 is 6.04 Å². The molecule has 2 amide bonds. The molecule has 0 bridgehead atoms. The van der Waals surface area contributed by atoms with Crippen molar-refractivity contribution in [2.45, 2.75) is 26.8 Å². The molecule has 0 unspecified atom stereocenters. The Kier molecular flexibility index (Phi) is 6.31. The van der Waals surface area contributed by atoms with Crippen molar-refractivity contribution in [1.29, 1.82) is 0 Å². The first kappa shape index (κ1) is 19.1. The molecule has 0 saturated carbocycles. The van der Waals surface area contributed by atoms with Crippen molar-refractivity contribution in [3.63, 3.8) is 0 Å². The van der Waals surface area contributed by atoms with Gasteiger partial charge in [0.15, 0.2) is 0 Å². The van der Waals surface area contributed by atoms with Crippen LogP contribution in [-0.2, 0) is 4.79 Å². The first-order valence-electron chi connectivity index (χ1n) is 7.91. The van der Waals surface area contributed by atoms with Gasteiger partial charge in [0.2, 0.25) is 5.91 Å². The van der Waals surface area contributed by atoms with Crippen molar-refractivity contribution in [3.05, 3.63) is 63.9 Å². The molecule has 0 aliphatic rings. The predicted octanol–water partition coefficient (Wildman–Crippen LogP) is 4.29. The van der Waals surface area contributed by atoms with Gasteiger partial charge in [0.1, 0.15) is 11.9 Å². The van der Waals surface area contributed by atoms with Gasteiger partial charge in [0, 0.05) is 15.7 Å². The second-order valence-electron chi connectivity index (χ2n) is 6.15. The molecule has 0 aliphatic heterocycles. The van der Waals surface area contributed by atoms with E-state index in [9.17, 15) is 14.0 Å². The Labute approximate surface area is 154 Å². The second-order valence-corrected chi connectivity index (χ2v) is 7.07. The summed E-state index contributed by atoms with van der Waals surface area (Å²) in [5.74, 6) is -1.13. The van der Waals surface area contributed by atoms with Crippen molar-refractivity contribution in [3.8, 4) is 0 Å². The van der Waals surface area contributed by atoms with Gasteiger partial charge in [0.25, 0.3) is 5.91 Å². The Morgan fingerprint density at radius 1 is 1.08 bits per heavy atom. The summed E-state index contributed by atoms with van der Waals surface area (Å²) in [7, 11) is 0. The molecule has 132 valence electrons. The summed E-state index contributed by atoms with van der Waals surface area (Å²) in [6.07, 6.45) is 0. The summed E-state index contributed by atoms with van der Waals surface area (Å²) in [4.78, 5) is 25.0. The van der Waals surface area contributed by atoms with E-state index >= 15 is 0 Å². The van der Waals surface area contributed by atoms with Gasteiger partial charge >= 0.3 is 0 Å². The van der Waals surface area contributed by atoms with Crippen LogP contribution < -0.4 is 10.6 Å². The van der Waals surface area contributed by atoms with E-state index in [2.05, 4.69) is 26.6 Å². The third-order valence-electron chi connectivity index (χ3n) is 3.79. The Morgan fingerprint density at radius 3 is 2.28 bits per heavy atom. The summed E-state index contributed by atoms with van der Waals surface area (Å²) in [6, 6.07) is 10.3. The summed E-state index contributed by atoms with van der Waals surface area (Å²) >= 11 is 3.32. The smallest absolute Gasteiger partial charge is 0.251 e. The molecule has 4 nitrogen and oxygen atoms in total. The van der Waals surface area contributed by atoms with Gasteiger partial charge in [0.05, 0.1) is 0 Å². The van der Waals surface area contributed by atoms with Gasteiger partial charge < -0.3 is 10.6 Å². The van der Waals surface area contributed by atoms with E-state index in [0.29, 0.717) is 16.8 Å². The van der Waals surface area contributed by atoms with Crippen LogP contribution in [0.2, 0.25) is 0 Å². The zero-order valence-electron chi connectivity index (χ0n) is 14.3.